The zero-order valence-corrected chi connectivity index (χ0v) is 15.3. The molecule has 134 valence electrons. The number of amides is 1. The molecule has 0 aliphatic heterocycles. The fraction of sp³-hybridized carbons (Fsp3) is 0.190. The summed E-state index contributed by atoms with van der Waals surface area (Å²) in [6, 6.07) is 18.0. The second-order valence-corrected chi connectivity index (χ2v) is 7.04. The first-order valence-electron chi connectivity index (χ1n) is 8.35. The zero-order chi connectivity index (χ0) is 18.4. The Kier molecular flexibility index (Phi) is 6.12. The van der Waals surface area contributed by atoms with Gasteiger partial charge in [0.2, 0.25) is 0 Å². The van der Waals surface area contributed by atoms with Gasteiger partial charge in [-0.25, -0.2) is 4.39 Å². The predicted molar refractivity (Wildman–Crippen MR) is 102 cm³/mol. The first-order valence-corrected chi connectivity index (χ1v) is 9.50. The van der Waals surface area contributed by atoms with Crippen molar-refractivity contribution in [3.05, 3.63) is 94.7 Å². The van der Waals surface area contributed by atoms with E-state index in [2.05, 4.69) is 36.5 Å². The van der Waals surface area contributed by atoms with E-state index in [1.165, 1.54) is 23.3 Å². The summed E-state index contributed by atoms with van der Waals surface area (Å²) < 4.78 is 18.5. The highest BCUT2D eigenvalue weighted by molar-refractivity contribution is 7.97. The van der Waals surface area contributed by atoms with E-state index in [4.69, 9.17) is 4.42 Å². The van der Waals surface area contributed by atoms with Crippen LogP contribution in [0.15, 0.2) is 65.1 Å². The zero-order valence-electron chi connectivity index (χ0n) is 14.5. The van der Waals surface area contributed by atoms with Crippen molar-refractivity contribution in [2.45, 2.75) is 25.0 Å². The summed E-state index contributed by atoms with van der Waals surface area (Å²) in [5.41, 5.74) is 3.35. The summed E-state index contributed by atoms with van der Waals surface area (Å²) in [7, 11) is 0. The van der Waals surface area contributed by atoms with E-state index in [1.54, 1.807) is 30.0 Å². The van der Waals surface area contributed by atoms with Crippen molar-refractivity contribution in [2.24, 2.45) is 0 Å². The molecule has 3 aromatic rings. The topological polar surface area (TPSA) is 42.2 Å². The molecule has 0 radical (unpaired) electrons. The van der Waals surface area contributed by atoms with Crippen molar-refractivity contribution in [1.82, 2.24) is 5.32 Å². The Morgan fingerprint density at radius 3 is 2.38 bits per heavy atom. The average Bonchev–Trinajstić information content (AvgIpc) is 3.12. The molecule has 0 atom stereocenters. The van der Waals surface area contributed by atoms with Crippen molar-refractivity contribution in [3.8, 4) is 0 Å². The highest BCUT2D eigenvalue weighted by Gasteiger charge is 2.11. The maximum atomic E-state index is 12.9. The molecule has 2 aromatic carbocycles. The van der Waals surface area contributed by atoms with Crippen LogP contribution in [0, 0.1) is 12.7 Å². The molecule has 1 N–H and O–H groups in total. The third-order valence-corrected chi connectivity index (χ3v) is 4.91. The van der Waals surface area contributed by atoms with Crippen LogP contribution in [0.5, 0.6) is 0 Å². The van der Waals surface area contributed by atoms with Crippen molar-refractivity contribution in [2.75, 3.05) is 0 Å². The van der Waals surface area contributed by atoms with Gasteiger partial charge in [0, 0.05) is 12.3 Å². The lowest BCUT2D eigenvalue weighted by Gasteiger charge is -2.03. The Bertz CT molecular complexity index is 856. The van der Waals surface area contributed by atoms with Crippen LogP contribution in [-0.2, 0) is 18.1 Å². The molecule has 0 saturated carbocycles. The van der Waals surface area contributed by atoms with Gasteiger partial charge in [-0.3, -0.25) is 4.79 Å². The molecule has 5 heteroatoms. The van der Waals surface area contributed by atoms with Gasteiger partial charge in [0.05, 0.1) is 5.75 Å². The third kappa shape index (κ3) is 5.23. The van der Waals surface area contributed by atoms with Crippen LogP contribution in [0.3, 0.4) is 0 Å². The highest BCUT2D eigenvalue weighted by atomic mass is 32.2. The lowest BCUT2D eigenvalue weighted by atomic mass is 10.2. The third-order valence-electron chi connectivity index (χ3n) is 3.89. The molecule has 0 aliphatic carbocycles. The van der Waals surface area contributed by atoms with E-state index in [-0.39, 0.29) is 17.5 Å². The number of halogens is 1. The molecule has 1 heterocycles. The first kappa shape index (κ1) is 18.3. The maximum absolute atomic E-state index is 12.9. The van der Waals surface area contributed by atoms with E-state index in [1.807, 2.05) is 6.07 Å². The van der Waals surface area contributed by atoms with Crippen LogP contribution >= 0.6 is 11.8 Å². The number of carbonyl (C=O) groups excluding carboxylic acids is 1. The van der Waals surface area contributed by atoms with Crippen LogP contribution in [0.1, 0.15) is 33.0 Å². The minimum absolute atomic E-state index is 0.274. The van der Waals surface area contributed by atoms with Gasteiger partial charge in [-0.1, -0.05) is 42.0 Å². The largest absolute Gasteiger partial charge is 0.455 e. The summed E-state index contributed by atoms with van der Waals surface area (Å²) in [4.78, 5) is 12.1. The SMILES string of the molecule is Cc1ccc(CSCc2ccc(C(=O)NCc3ccc(F)cc3)o2)cc1. The second kappa shape index (κ2) is 8.72. The molecule has 1 amide bonds. The minimum atomic E-state index is -0.293. The summed E-state index contributed by atoms with van der Waals surface area (Å²) in [5.74, 6) is 2.10. The van der Waals surface area contributed by atoms with Gasteiger partial charge in [0.25, 0.3) is 5.91 Å². The first-order chi connectivity index (χ1) is 12.6. The lowest BCUT2D eigenvalue weighted by molar-refractivity contribution is 0.0922. The average molecular weight is 369 g/mol. The Morgan fingerprint density at radius 1 is 0.962 bits per heavy atom. The van der Waals surface area contributed by atoms with Gasteiger partial charge in [-0.05, 0) is 42.3 Å². The van der Waals surface area contributed by atoms with Gasteiger partial charge in [-0.2, -0.15) is 0 Å². The molecular formula is C21H20FNO2S. The van der Waals surface area contributed by atoms with Crippen LogP contribution < -0.4 is 5.32 Å². The summed E-state index contributed by atoms with van der Waals surface area (Å²) >= 11 is 1.74. The maximum Gasteiger partial charge on any atom is 0.287 e. The standard InChI is InChI=1S/C21H20FNO2S/c1-15-2-4-17(5-3-15)13-26-14-19-10-11-20(25-19)21(24)23-12-16-6-8-18(22)9-7-16/h2-11H,12-14H2,1H3,(H,23,24). The van der Waals surface area contributed by atoms with Gasteiger partial charge < -0.3 is 9.73 Å². The van der Waals surface area contributed by atoms with Crippen molar-refractivity contribution in [1.29, 1.82) is 0 Å². The monoisotopic (exact) mass is 369 g/mol. The van der Waals surface area contributed by atoms with Crippen LogP contribution in [0.25, 0.3) is 0 Å². The molecule has 3 rings (SSSR count). The number of thioether (sulfide) groups is 1. The summed E-state index contributed by atoms with van der Waals surface area (Å²) in [6.45, 7) is 2.40. The molecule has 3 nitrogen and oxygen atoms in total. The summed E-state index contributed by atoms with van der Waals surface area (Å²) in [5, 5.41) is 2.77. The van der Waals surface area contributed by atoms with Crippen molar-refractivity contribution < 1.29 is 13.6 Å². The molecule has 26 heavy (non-hydrogen) atoms. The number of nitrogens with one attached hydrogen (secondary N) is 1. The Morgan fingerprint density at radius 2 is 1.65 bits per heavy atom. The van der Waals surface area contributed by atoms with Gasteiger partial charge >= 0.3 is 0 Å². The minimum Gasteiger partial charge on any atom is -0.455 e. The Labute approximate surface area is 156 Å². The number of carbonyl (C=O) groups is 1. The molecule has 0 spiro atoms. The van der Waals surface area contributed by atoms with Gasteiger partial charge in [-0.15, -0.1) is 11.8 Å². The van der Waals surface area contributed by atoms with Gasteiger partial charge in [0.15, 0.2) is 5.76 Å². The van der Waals surface area contributed by atoms with E-state index >= 15 is 0 Å². The molecule has 0 bridgehead atoms. The molecule has 0 unspecified atom stereocenters. The number of hydrogen-bond acceptors (Lipinski definition) is 3. The van der Waals surface area contributed by atoms with Crippen molar-refractivity contribution in [3.63, 3.8) is 0 Å². The number of rotatable bonds is 7. The Hall–Kier alpha value is -2.53. The molecule has 0 aliphatic rings. The molecule has 0 fully saturated rings. The van der Waals surface area contributed by atoms with Gasteiger partial charge in [0.1, 0.15) is 11.6 Å². The van der Waals surface area contributed by atoms with Crippen molar-refractivity contribution >= 4 is 17.7 Å². The fourth-order valence-corrected chi connectivity index (χ4v) is 3.29. The predicted octanol–water partition coefficient (Wildman–Crippen LogP) is 5.09. The normalized spacial score (nSPS) is 10.7. The quantitative estimate of drug-likeness (QED) is 0.631. The van der Waals surface area contributed by atoms with E-state index in [9.17, 15) is 9.18 Å². The second-order valence-electron chi connectivity index (χ2n) is 6.05. The number of benzene rings is 2. The summed E-state index contributed by atoms with van der Waals surface area (Å²) in [6.07, 6.45) is 0. The van der Waals surface area contributed by atoms with Crippen LogP contribution in [0.2, 0.25) is 0 Å². The lowest BCUT2D eigenvalue weighted by Crippen LogP contribution is -2.22. The van der Waals surface area contributed by atoms with E-state index in [0.717, 1.165) is 17.1 Å². The fourth-order valence-electron chi connectivity index (χ4n) is 2.40. The number of hydrogen-bond donors (Lipinski definition) is 1. The molecular weight excluding hydrogens is 349 g/mol. The molecule has 0 saturated heterocycles. The number of aryl methyl sites for hydroxylation is 1. The molecule has 1 aromatic heterocycles. The van der Waals surface area contributed by atoms with Crippen LogP contribution in [-0.4, -0.2) is 5.91 Å². The van der Waals surface area contributed by atoms with E-state index in [0.29, 0.717) is 12.3 Å². The van der Waals surface area contributed by atoms with Crippen LogP contribution in [0.4, 0.5) is 4.39 Å². The van der Waals surface area contributed by atoms with E-state index < -0.39 is 0 Å². The smallest absolute Gasteiger partial charge is 0.287 e. The highest BCUT2D eigenvalue weighted by Crippen LogP contribution is 2.20. The number of furan rings is 1. The Balaban J connectivity index is 1.46.